The normalized spacial score (nSPS) is 11.5. The molecule has 0 aliphatic carbocycles. The number of benzene rings is 2. The molecule has 0 fully saturated rings. The fourth-order valence-electron chi connectivity index (χ4n) is 3.25. The van der Waals surface area contributed by atoms with Crippen LogP contribution in [0.5, 0.6) is 0 Å². The Hall–Kier alpha value is -2.92. The van der Waals surface area contributed by atoms with Crippen LogP contribution in [-0.4, -0.2) is 33.2 Å². The zero-order chi connectivity index (χ0) is 17.9. The standard InChI is InChI=1S/C21H22N4O/c1-24(14-16-8-4-3-5-9-16)13-12-20-22-21(23-26-20)18-15-25(2)19-11-7-6-10-17(18)19/h3-11,15H,12-14H2,1-2H3. The molecule has 0 unspecified atom stereocenters. The summed E-state index contributed by atoms with van der Waals surface area (Å²) >= 11 is 0. The van der Waals surface area contributed by atoms with Gasteiger partial charge >= 0.3 is 0 Å². The number of nitrogens with zero attached hydrogens (tertiary/aromatic N) is 4. The lowest BCUT2D eigenvalue weighted by Gasteiger charge is -2.15. The number of aryl methyl sites for hydroxylation is 1. The number of para-hydroxylation sites is 1. The highest BCUT2D eigenvalue weighted by Gasteiger charge is 2.14. The Morgan fingerprint density at radius 2 is 1.81 bits per heavy atom. The summed E-state index contributed by atoms with van der Waals surface area (Å²) in [6, 6.07) is 18.7. The molecule has 0 N–H and O–H groups in total. The lowest BCUT2D eigenvalue weighted by molar-refractivity contribution is 0.303. The zero-order valence-electron chi connectivity index (χ0n) is 15.1. The van der Waals surface area contributed by atoms with Crippen LogP contribution < -0.4 is 0 Å². The molecule has 2 heterocycles. The van der Waals surface area contributed by atoms with Gasteiger partial charge in [0.2, 0.25) is 11.7 Å². The molecule has 0 aliphatic heterocycles. The van der Waals surface area contributed by atoms with Gasteiger partial charge in [-0.3, -0.25) is 0 Å². The summed E-state index contributed by atoms with van der Waals surface area (Å²) < 4.78 is 7.57. The fourth-order valence-corrected chi connectivity index (χ4v) is 3.25. The third kappa shape index (κ3) is 3.39. The van der Waals surface area contributed by atoms with Crippen molar-refractivity contribution in [3.8, 4) is 11.4 Å². The SMILES string of the molecule is CN(CCc1nc(-c2cn(C)c3ccccc23)no1)Cc1ccccc1. The average molecular weight is 346 g/mol. The van der Waals surface area contributed by atoms with Crippen LogP contribution in [0.1, 0.15) is 11.5 Å². The fraction of sp³-hybridized carbons (Fsp3) is 0.238. The van der Waals surface area contributed by atoms with Gasteiger partial charge in [-0.1, -0.05) is 53.7 Å². The summed E-state index contributed by atoms with van der Waals surface area (Å²) in [5.74, 6) is 1.33. The van der Waals surface area contributed by atoms with E-state index in [0.717, 1.165) is 36.0 Å². The van der Waals surface area contributed by atoms with Crippen LogP contribution in [-0.2, 0) is 20.0 Å². The molecular formula is C21H22N4O. The summed E-state index contributed by atoms with van der Waals surface area (Å²) in [6.45, 7) is 1.78. The van der Waals surface area contributed by atoms with Crippen molar-refractivity contribution in [2.75, 3.05) is 13.6 Å². The number of rotatable bonds is 6. The second-order valence-electron chi connectivity index (χ2n) is 6.66. The molecule has 2 aromatic carbocycles. The van der Waals surface area contributed by atoms with Crippen LogP contribution in [0.3, 0.4) is 0 Å². The lowest BCUT2D eigenvalue weighted by Crippen LogP contribution is -2.20. The lowest BCUT2D eigenvalue weighted by atomic mass is 10.2. The highest BCUT2D eigenvalue weighted by molar-refractivity contribution is 5.94. The third-order valence-electron chi connectivity index (χ3n) is 4.61. The minimum atomic E-state index is 0.655. The van der Waals surface area contributed by atoms with Crippen LogP contribution in [0.4, 0.5) is 0 Å². The van der Waals surface area contributed by atoms with E-state index in [0.29, 0.717) is 11.7 Å². The summed E-state index contributed by atoms with van der Waals surface area (Å²) in [7, 11) is 4.14. The molecule has 0 spiro atoms. The van der Waals surface area contributed by atoms with E-state index in [1.165, 1.54) is 5.56 Å². The summed E-state index contributed by atoms with van der Waals surface area (Å²) in [5.41, 5.74) is 3.48. The largest absolute Gasteiger partial charge is 0.350 e. The quantitative estimate of drug-likeness (QED) is 0.531. The van der Waals surface area contributed by atoms with E-state index in [4.69, 9.17) is 4.52 Å². The van der Waals surface area contributed by atoms with Gasteiger partial charge in [-0.15, -0.1) is 0 Å². The minimum absolute atomic E-state index is 0.655. The highest BCUT2D eigenvalue weighted by Crippen LogP contribution is 2.28. The predicted octanol–water partition coefficient (Wildman–Crippen LogP) is 3.90. The highest BCUT2D eigenvalue weighted by atomic mass is 16.5. The number of fused-ring (bicyclic) bond motifs is 1. The van der Waals surface area contributed by atoms with Crippen molar-refractivity contribution in [3.05, 3.63) is 72.2 Å². The molecule has 0 atom stereocenters. The van der Waals surface area contributed by atoms with Crippen molar-refractivity contribution < 1.29 is 4.52 Å². The molecule has 4 aromatic rings. The second-order valence-corrected chi connectivity index (χ2v) is 6.66. The molecule has 0 saturated heterocycles. The number of aromatic nitrogens is 3. The van der Waals surface area contributed by atoms with Crippen molar-refractivity contribution in [1.29, 1.82) is 0 Å². The van der Waals surface area contributed by atoms with Crippen LogP contribution in [0.25, 0.3) is 22.3 Å². The van der Waals surface area contributed by atoms with Gasteiger partial charge in [0.1, 0.15) is 0 Å². The predicted molar refractivity (Wildman–Crippen MR) is 103 cm³/mol. The molecule has 0 radical (unpaired) electrons. The second kappa shape index (κ2) is 7.14. The molecule has 0 bridgehead atoms. The van der Waals surface area contributed by atoms with Crippen molar-refractivity contribution in [1.82, 2.24) is 19.6 Å². The van der Waals surface area contributed by atoms with Gasteiger partial charge in [-0.05, 0) is 18.7 Å². The first-order chi connectivity index (χ1) is 12.7. The van der Waals surface area contributed by atoms with Crippen LogP contribution >= 0.6 is 0 Å². The van der Waals surface area contributed by atoms with E-state index < -0.39 is 0 Å². The summed E-state index contributed by atoms with van der Waals surface area (Å²) in [5, 5.41) is 5.34. The van der Waals surface area contributed by atoms with Crippen LogP contribution in [0, 0.1) is 0 Å². The molecule has 0 saturated carbocycles. The van der Waals surface area contributed by atoms with Gasteiger partial charge in [0.05, 0.1) is 0 Å². The van der Waals surface area contributed by atoms with Crippen LogP contribution in [0.2, 0.25) is 0 Å². The van der Waals surface area contributed by atoms with E-state index in [9.17, 15) is 0 Å². The van der Waals surface area contributed by atoms with E-state index in [-0.39, 0.29) is 0 Å². The molecule has 5 nitrogen and oxygen atoms in total. The smallest absolute Gasteiger partial charge is 0.228 e. The molecule has 0 aliphatic rings. The van der Waals surface area contributed by atoms with Crippen molar-refractivity contribution >= 4 is 10.9 Å². The van der Waals surface area contributed by atoms with E-state index >= 15 is 0 Å². The molecule has 4 rings (SSSR count). The monoisotopic (exact) mass is 346 g/mol. The Kier molecular flexibility index (Phi) is 4.54. The Labute approximate surface area is 152 Å². The maximum Gasteiger partial charge on any atom is 0.228 e. The number of hydrogen-bond donors (Lipinski definition) is 0. The van der Waals surface area contributed by atoms with Crippen molar-refractivity contribution in [3.63, 3.8) is 0 Å². The first-order valence-electron chi connectivity index (χ1n) is 8.80. The molecular weight excluding hydrogens is 324 g/mol. The Balaban J connectivity index is 1.45. The Bertz CT molecular complexity index is 1000. The topological polar surface area (TPSA) is 47.1 Å². The first-order valence-corrected chi connectivity index (χ1v) is 8.80. The third-order valence-corrected chi connectivity index (χ3v) is 4.61. The molecule has 2 aromatic heterocycles. The Morgan fingerprint density at radius 1 is 1.04 bits per heavy atom. The summed E-state index contributed by atoms with van der Waals surface area (Å²) in [4.78, 5) is 6.87. The summed E-state index contributed by atoms with van der Waals surface area (Å²) in [6.07, 6.45) is 2.79. The van der Waals surface area contributed by atoms with Crippen molar-refractivity contribution in [2.45, 2.75) is 13.0 Å². The van der Waals surface area contributed by atoms with Gasteiger partial charge < -0.3 is 14.0 Å². The maximum absolute atomic E-state index is 5.48. The number of likely N-dealkylation sites (N-methyl/N-ethyl adjacent to an activating group) is 1. The molecule has 0 amide bonds. The first kappa shape index (κ1) is 16.5. The maximum atomic E-state index is 5.48. The molecule has 5 heteroatoms. The van der Waals surface area contributed by atoms with Gasteiger partial charge in [-0.2, -0.15) is 4.98 Å². The van der Waals surface area contributed by atoms with E-state index in [1.807, 2.05) is 25.2 Å². The van der Waals surface area contributed by atoms with Gasteiger partial charge in [0.25, 0.3) is 0 Å². The minimum Gasteiger partial charge on any atom is -0.350 e. The van der Waals surface area contributed by atoms with Crippen LogP contribution in [0.15, 0.2) is 65.3 Å². The zero-order valence-corrected chi connectivity index (χ0v) is 15.1. The average Bonchev–Trinajstić information content (AvgIpc) is 3.26. The van der Waals surface area contributed by atoms with Gasteiger partial charge in [-0.25, -0.2) is 0 Å². The molecule has 26 heavy (non-hydrogen) atoms. The molecule has 132 valence electrons. The van der Waals surface area contributed by atoms with Gasteiger partial charge in [0.15, 0.2) is 0 Å². The van der Waals surface area contributed by atoms with Crippen molar-refractivity contribution in [2.24, 2.45) is 7.05 Å². The van der Waals surface area contributed by atoms with E-state index in [2.05, 4.69) is 69.3 Å². The van der Waals surface area contributed by atoms with Gasteiger partial charge in [0, 0.05) is 49.2 Å². The van der Waals surface area contributed by atoms with E-state index in [1.54, 1.807) is 0 Å². The Morgan fingerprint density at radius 3 is 2.65 bits per heavy atom. The number of hydrogen-bond acceptors (Lipinski definition) is 4.